The average molecular weight is 346 g/mol. The van der Waals surface area contributed by atoms with Crippen molar-refractivity contribution >= 4 is 5.91 Å². The van der Waals surface area contributed by atoms with E-state index in [0.717, 1.165) is 51.1 Å². The topological polar surface area (TPSA) is 64.8 Å². The smallest absolute Gasteiger partial charge is 0.242 e. The first-order valence-corrected chi connectivity index (χ1v) is 9.14. The maximum atomic E-state index is 12.3. The second-order valence-electron chi connectivity index (χ2n) is 8.20. The van der Waals surface area contributed by atoms with Crippen LogP contribution >= 0.6 is 0 Å². The fraction of sp³-hybridized carbons (Fsp3) is 0.650. The van der Waals surface area contributed by atoms with Crippen molar-refractivity contribution in [1.82, 2.24) is 4.90 Å². The van der Waals surface area contributed by atoms with Crippen molar-refractivity contribution in [3.8, 4) is 5.75 Å². The maximum absolute atomic E-state index is 12.3. The molecule has 2 N–H and O–H groups in total. The van der Waals surface area contributed by atoms with Gasteiger partial charge in [-0.1, -0.05) is 12.1 Å². The summed E-state index contributed by atoms with van der Waals surface area (Å²) in [5.41, 5.74) is 6.68. The maximum Gasteiger partial charge on any atom is 0.242 e. The lowest BCUT2D eigenvalue weighted by atomic mass is 9.76. The number of likely N-dealkylation sites (tertiary alicyclic amines) is 1. The van der Waals surface area contributed by atoms with E-state index in [0.29, 0.717) is 0 Å². The molecule has 2 aliphatic rings. The Labute approximate surface area is 150 Å². The lowest BCUT2D eigenvalue weighted by molar-refractivity contribution is -0.138. The fourth-order valence-corrected chi connectivity index (χ4v) is 3.99. The Morgan fingerprint density at radius 1 is 1.32 bits per heavy atom. The van der Waals surface area contributed by atoms with Gasteiger partial charge in [0.15, 0.2) is 0 Å². The molecular weight excluding hydrogens is 316 g/mol. The standard InChI is InChI=1S/C20H30N2O3/c1-19(2,21)18(23)22-10-8-20(9-11-22)13-17(25-14-20)12-15-4-6-16(24-3)7-5-15/h4-7,17H,8-14,21H2,1-3H3. The summed E-state index contributed by atoms with van der Waals surface area (Å²) in [5, 5.41) is 0. The summed E-state index contributed by atoms with van der Waals surface area (Å²) in [7, 11) is 1.68. The highest BCUT2D eigenvalue weighted by molar-refractivity contribution is 5.85. The van der Waals surface area contributed by atoms with Gasteiger partial charge in [0, 0.05) is 13.1 Å². The highest BCUT2D eigenvalue weighted by Crippen LogP contribution is 2.43. The van der Waals surface area contributed by atoms with Gasteiger partial charge in [-0.3, -0.25) is 4.79 Å². The molecule has 5 heteroatoms. The molecule has 3 rings (SSSR count). The number of ether oxygens (including phenoxy) is 2. The second kappa shape index (κ2) is 6.96. The second-order valence-corrected chi connectivity index (χ2v) is 8.20. The third kappa shape index (κ3) is 4.15. The molecule has 0 saturated carbocycles. The summed E-state index contributed by atoms with van der Waals surface area (Å²) in [5.74, 6) is 0.934. The molecule has 0 radical (unpaired) electrons. The van der Waals surface area contributed by atoms with Crippen LogP contribution in [0.1, 0.15) is 38.7 Å². The van der Waals surface area contributed by atoms with Gasteiger partial charge in [-0.15, -0.1) is 0 Å². The molecule has 5 nitrogen and oxygen atoms in total. The van der Waals surface area contributed by atoms with Crippen LogP contribution in [0.15, 0.2) is 24.3 Å². The number of amides is 1. The van der Waals surface area contributed by atoms with E-state index in [1.807, 2.05) is 17.0 Å². The van der Waals surface area contributed by atoms with E-state index in [1.165, 1.54) is 5.56 Å². The summed E-state index contributed by atoms with van der Waals surface area (Å²) >= 11 is 0. The molecule has 1 spiro atoms. The minimum atomic E-state index is -0.784. The number of carbonyl (C=O) groups is 1. The van der Waals surface area contributed by atoms with E-state index >= 15 is 0 Å². The van der Waals surface area contributed by atoms with Crippen LogP contribution < -0.4 is 10.5 Å². The highest BCUT2D eigenvalue weighted by atomic mass is 16.5. The van der Waals surface area contributed by atoms with Crippen molar-refractivity contribution in [1.29, 1.82) is 0 Å². The third-order valence-electron chi connectivity index (χ3n) is 5.57. The van der Waals surface area contributed by atoms with Crippen LogP contribution in [-0.2, 0) is 16.0 Å². The van der Waals surface area contributed by atoms with Gasteiger partial charge in [-0.05, 0) is 62.6 Å². The molecule has 1 amide bonds. The van der Waals surface area contributed by atoms with Gasteiger partial charge in [0.2, 0.25) is 5.91 Å². The number of benzene rings is 1. The van der Waals surface area contributed by atoms with Gasteiger partial charge in [-0.25, -0.2) is 0 Å². The van der Waals surface area contributed by atoms with Crippen molar-refractivity contribution < 1.29 is 14.3 Å². The number of methoxy groups -OCH3 is 1. The normalized spacial score (nSPS) is 23.0. The molecule has 2 aliphatic heterocycles. The van der Waals surface area contributed by atoms with Gasteiger partial charge < -0.3 is 20.1 Å². The Bertz CT molecular complexity index is 598. The Kier molecular flexibility index (Phi) is 5.07. The van der Waals surface area contributed by atoms with E-state index in [2.05, 4.69) is 12.1 Å². The van der Waals surface area contributed by atoms with Crippen molar-refractivity contribution in [3.63, 3.8) is 0 Å². The molecule has 138 valence electrons. The zero-order chi connectivity index (χ0) is 18.1. The molecule has 1 aromatic rings. The quantitative estimate of drug-likeness (QED) is 0.909. The van der Waals surface area contributed by atoms with Crippen molar-refractivity contribution in [3.05, 3.63) is 29.8 Å². The molecular formula is C20H30N2O3. The molecule has 2 heterocycles. The van der Waals surface area contributed by atoms with Gasteiger partial charge in [0.05, 0.1) is 25.4 Å². The van der Waals surface area contributed by atoms with Gasteiger partial charge in [-0.2, -0.15) is 0 Å². The molecule has 25 heavy (non-hydrogen) atoms. The number of hydrogen-bond acceptors (Lipinski definition) is 4. The van der Waals surface area contributed by atoms with Crippen LogP contribution in [0.25, 0.3) is 0 Å². The monoisotopic (exact) mass is 346 g/mol. The van der Waals surface area contributed by atoms with E-state index < -0.39 is 5.54 Å². The van der Waals surface area contributed by atoms with E-state index in [9.17, 15) is 4.79 Å². The number of nitrogens with two attached hydrogens (primary N) is 1. The Hall–Kier alpha value is -1.59. The Morgan fingerprint density at radius 2 is 1.96 bits per heavy atom. The van der Waals surface area contributed by atoms with E-state index in [4.69, 9.17) is 15.2 Å². The number of hydrogen-bond donors (Lipinski definition) is 1. The summed E-state index contributed by atoms with van der Waals surface area (Å²) in [6.45, 7) is 5.95. The molecule has 2 fully saturated rings. The Balaban J connectivity index is 1.53. The van der Waals surface area contributed by atoms with Gasteiger partial charge in [0.25, 0.3) is 0 Å². The van der Waals surface area contributed by atoms with Crippen LogP contribution in [0.5, 0.6) is 5.75 Å². The number of rotatable bonds is 4. The lowest BCUT2D eigenvalue weighted by Crippen LogP contribution is -2.54. The minimum Gasteiger partial charge on any atom is -0.497 e. The molecule has 1 atom stereocenters. The number of nitrogens with zero attached hydrogens (tertiary/aromatic N) is 1. The van der Waals surface area contributed by atoms with Crippen LogP contribution in [0.3, 0.4) is 0 Å². The average Bonchev–Trinajstić information content (AvgIpc) is 2.97. The van der Waals surface area contributed by atoms with Crippen molar-refractivity contribution in [2.45, 2.75) is 51.2 Å². The predicted molar refractivity (Wildman–Crippen MR) is 97.6 cm³/mol. The zero-order valence-electron chi connectivity index (χ0n) is 15.6. The molecule has 1 aromatic carbocycles. The molecule has 1 unspecified atom stereocenters. The first-order valence-electron chi connectivity index (χ1n) is 9.14. The van der Waals surface area contributed by atoms with E-state index in [1.54, 1.807) is 21.0 Å². The third-order valence-corrected chi connectivity index (χ3v) is 5.57. The number of carbonyl (C=O) groups excluding carboxylic acids is 1. The van der Waals surface area contributed by atoms with Gasteiger partial charge in [0.1, 0.15) is 5.75 Å². The van der Waals surface area contributed by atoms with Crippen molar-refractivity contribution in [2.24, 2.45) is 11.1 Å². The largest absolute Gasteiger partial charge is 0.497 e. The number of piperidine rings is 1. The van der Waals surface area contributed by atoms with Crippen LogP contribution in [-0.4, -0.2) is 49.3 Å². The summed E-state index contributed by atoms with van der Waals surface area (Å²) < 4.78 is 11.3. The zero-order valence-corrected chi connectivity index (χ0v) is 15.6. The summed E-state index contributed by atoms with van der Waals surface area (Å²) in [4.78, 5) is 14.3. The SMILES string of the molecule is COc1ccc(CC2CC3(CCN(C(=O)C(C)(C)N)CC3)CO2)cc1. The molecule has 0 aromatic heterocycles. The first kappa shape index (κ1) is 18.2. The summed E-state index contributed by atoms with van der Waals surface area (Å²) in [6.07, 6.45) is 4.29. The molecule has 2 saturated heterocycles. The van der Waals surface area contributed by atoms with Crippen LogP contribution in [0.2, 0.25) is 0 Å². The summed E-state index contributed by atoms with van der Waals surface area (Å²) in [6, 6.07) is 8.22. The lowest BCUT2D eigenvalue weighted by Gasteiger charge is -2.40. The molecule has 0 aliphatic carbocycles. The van der Waals surface area contributed by atoms with E-state index in [-0.39, 0.29) is 17.4 Å². The van der Waals surface area contributed by atoms with Crippen LogP contribution in [0, 0.1) is 5.41 Å². The fourth-order valence-electron chi connectivity index (χ4n) is 3.99. The van der Waals surface area contributed by atoms with Gasteiger partial charge >= 0.3 is 0 Å². The van der Waals surface area contributed by atoms with Crippen molar-refractivity contribution in [2.75, 3.05) is 26.8 Å². The minimum absolute atomic E-state index is 0.0519. The first-order chi connectivity index (χ1) is 11.8. The highest BCUT2D eigenvalue weighted by Gasteiger charge is 2.44. The van der Waals surface area contributed by atoms with Crippen LogP contribution in [0.4, 0.5) is 0 Å². The molecule has 0 bridgehead atoms. The Morgan fingerprint density at radius 3 is 2.52 bits per heavy atom. The predicted octanol–water partition coefficient (Wildman–Crippen LogP) is 2.37.